The van der Waals surface area contributed by atoms with Crippen molar-refractivity contribution in [3.8, 4) is 5.75 Å². The molecule has 0 radical (unpaired) electrons. The first-order chi connectivity index (χ1) is 11.6. The number of pyridine rings is 1. The highest BCUT2D eigenvalue weighted by molar-refractivity contribution is 6.31. The van der Waals surface area contributed by atoms with Gasteiger partial charge in [0.2, 0.25) is 0 Å². The lowest BCUT2D eigenvalue weighted by Crippen LogP contribution is -2.33. The van der Waals surface area contributed by atoms with Gasteiger partial charge < -0.3 is 14.6 Å². The van der Waals surface area contributed by atoms with Crippen molar-refractivity contribution in [3.05, 3.63) is 59.0 Å². The van der Waals surface area contributed by atoms with Crippen molar-refractivity contribution >= 4 is 28.4 Å². The van der Waals surface area contributed by atoms with Crippen LogP contribution in [0.3, 0.4) is 0 Å². The van der Waals surface area contributed by atoms with E-state index in [1.54, 1.807) is 6.20 Å². The summed E-state index contributed by atoms with van der Waals surface area (Å²) in [5.74, 6) is 0.603. The maximum atomic E-state index is 12.8. The predicted molar refractivity (Wildman–Crippen MR) is 92.5 cm³/mol. The highest BCUT2D eigenvalue weighted by Gasteiger charge is 2.25. The summed E-state index contributed by atoms with van der Waals surface area (Å²) < 4.78 is 7.45. The van der Waals surface area contributed by atoms with E-state index in [0.717, 1.165) is 22.3 Å². The number of carbonyl (C=O) groups excluding carboxylic acids is 1. The Kier molecular flexibility index (Phi) is 3.65. The van der Waals surface area contributed by atoms with Crippen molar-refractivity contribution in [1.82, 2.24) is 14.9 Å². The van der Waals surface area contributed by atoms with Crippen LogP contribution in [0.5, 0.6) is 5.75 Å². The van der Waals surface area contributed by atoms with Crippen LogP contribution in [-0.2, 0) is 7.05 Å². The average Bonchev–Trinajstić information content (AvgIpc) is 2.92. The fourth-order valence-electron chi connectivity index (χ4n) is 3.10. The quantitative estimate of drug-likeness (QED) is 0.776. The Balaban J connectivity index is 1.65. The van der Waals surface area contributed by atoms with Crippen LogP contribution in [0.25, 0.3) is 10.9 Å². The van der Waals surface area contributed by atoms with Crippen molar-refractivity contribution in [1.29, 1.82) is 0 Å². The second-order valence-corrected chi connectivity index (χ2v) is 6.28. The first-order valence-corrected chi connectivity index (χ1v) is 8.15. The summed E-state index contributed by atoms with van der Waals surface area (Å²) in [6, 6.07) is 11.0. The fourth-order valence-corrected chi connectivity index (χ4v) is 3.27. The van der Waals surface area contributed by atoms with Crippen LogP contribution < -0.4 is 10.1 Å². The Morgan fingerprint density at radius 2 is 2.25 bits per heavy atom. The summed E-state index contributed by atoms with van der Waals surface area (Å²) in [5.41, 5.74) is 2.30. The molecule has 1 amide bonds. The average molecular weight is 342 g/mol. The number of fused-ring (bicyclic) bond motifs is 2. The van der Waals surface area contributed by atoms with Gasteiger partial charge in [-0.15, -0.1) is 0 Å². The van der Waals surface area contributed by atoms with Gasteiger partial charge in [0, 0.05) is 35.6 Å². The molecule has 2 aromatic heterocycles. The molecule has 122 valence electrons. The van der Waals surface area contributed by atoms with Gasteiger partial charge in [-0.2, -0.15) is 0 Å². The van der Waals surface area contributed by atoms with Crippen LogP contribution in [-0.4, -0.2) is 22.1 Å². The Hall–Kier alpha value is -2.53. The van der Waals surface area contributed by atoms with Gasteiger partial charge in [-0.25, -0.2) is 0 Å². The maximum absolute atomic E-state index is 12.8. The molecule has 24 heavy (non-hydrogen) atoms. The molecule has 0 saturated heterocycles. The molecule has 0 spiro atoms. The lowest BCUT2D eigenvalue weighted by atomic mass is 10.1. The fraction of sp³-hybridized carbons (Fsp3) is 0.222. The van der Waals surface area contributed by atoms with Crippen LogP contribution in [0.4, 0.5) is 0 Å². The van der Waals surface area contributed by atoms with Crippen molar-refractivity contribution in [2.45, 2.75) is 12.5 Å². The molecule has 3 heterocycles. The van der Waals surface area contributed by atoms with E-state index in [1.165, 1.54) is 0 Å². The molecule has 4 rings (SSSR count). The van der Waals surface area contributed by atoms with Crippen molar-refractivity contribution in [2.75, 3.05) is 6.61 Å². The summed E-state index contributed by atoms with van der Waals surface area (Å²) in [4.78, 5) is 17.1. The number of rotatable bonds is 2. The molecule has 1 N–H and O–H groups in total. The van der Waals surface area contributed by atoms with Crippen molar-refractivity contribution < 1.29 is 9.53 Å². The molecule has 6 heteroatoms. The first kappa shape index (κ1) is 15.0. The van der Waals surface area contributed by atoms with Crippen molar-refractivity contribution in [3.63, 3.8) is 0 Å². The normalized spacial score (nSPS) is 16.5. The molecular formula is C18H16ClN3O2. The number of nitrogens with one attached hydrogen (secondary N) is 1. The molecule has 3 aromatic rings. The smallest absolute Gasteiger partial charge is 0.268 e. The largest absolute Gasteiger partial charge is 0.491 e. The Morgan fingerprint density at radius 3 is 3.12 bits per heavy atom. The molecule has 1 aliphatic heterocycles. The number of halogens is 1. The SMILES string of the molecule is Cn1c(C(=O)NC2CCOc3cccnc32)cc2ccc(Cl)cc21. The molecule has 1 aromatic carbocycles. The van der Waals surface area contributed by atoms with E-state index in [-0.39, 0.29) is 11.9 Å². The van der Waals surface area contributed by atoms with E-state index in [0.29, 0.717) is 23.7 Å². The number of aryl methyl sites for hydroxylation is 1. The molecule has 0 aliphatic carbocycles. The summed E-state index contributed by atoms with van der Waals surface area (Å²) >= 11 is 6.06. The van der Waals surface area contributed by atoms with Crippen LogP contribution in [0, 0.1) is 0 Å². The predicted octanol–water partition coefficient (Wildman–Crippen LogP) is 3.48. The molecular weight excluding hydrogens is 326 g/mol. The minimum Gasteiger partial charge on any atom is -0.491 e. The maximum Gasteiger partial charge on any atom is 0.268 e. The Labute approximate surface area is 144 Å². The minimum atomic E-state index is -0.149. The third-order valence-corrected chi connectivity index (χ3v) is 4.57. The number of aromatic nitrogens is 2. The van der Waals surface area contributed by atoms with E-state index in [4.69, 9.17) is 16.3 Å². The van der Waals surface area contributed by atoms with Crippen LogP contribution >= 0.6 is 11.6 Å². The third kappa shape index (κ3) is 2.51. The lowest BCUT2D eigenvalue weighted by molar-refractivity contribution is 0.0915. The molecule has 0 saturated carbocycles. The molecule has 0 bridgehead atoms. The molecule has 5 nitrogen and oxygen atoms in total. The highest BCUT2D eigenvalue weighted by Crippen LogP contribution is 2.30. The zero-order valence-electron chi connectivity index (χ0n) is 13.1. The summed E-state index contributed by atoms with van der Waals surface area (Å²) in [6.07, 6.45) is 2.41. The standard InChI is InChI=1S/C18H16ClN3O2/c1-22-14-10-12(19)5-4-11(14)9-15(22)18(23)21-13-6-8-24-16-3-2-7-20-17(13)16/h2-5,7,9-10,13H,6,8H2,1H3,(H,21,23). The van der Waals surface area contributed by atoms with Gasteiger partial charge in [-0.1, -0.05) is 17.7 Å². The molecule has 0 fully saturated rings. The first-order valence-electron chi connectivity index (χ1n) is 7.77. The van der Waals surface area contributed by atoms with Gasteiger partial charge in [0.25, 0.3) is 5.91 Å². The van der Waals surface area contributed by atoms with Gasteiger partial charge in [0.1, 0.15) is 17.1 Å². The topological polar surface area (TPSA) is 56.2 Å². The molecule has 1 unspecified atom stereocenters. The Morgan fingerprint density at radius 1 is 1.38 bits per heavy atom. The number of benzene rings is 1. The van der Waals surface area contributed by atoms with E-state index >= 15 is 0 Å². The third-order valence-electron chi connectivity index (χ3n) is 4.34. The number of hydrogen-bond donors (Lipinski definition) is 1. The number of carbonyl (C=O) groups is 1. The zero-order chi connectivity index (χ0) is 16.7. The number of hydrogen-bond acceptors (Lipinski definition) is 3. The van der Waals surface area contributed by atoms with Crippen LogP contribution in [0.1, 0.15) is 28.6 Å². The number of amides is 1. The lowest BCUT2D eigenvalue weighted by Gasteiger charge is -2.25. The second-order valence-electron chi connectivity index (χ2n) is 5.84. The second kappa shape index (κ2) is 5.83. The van der Waals surface area contributed by atoms with Crippen LogP contribution in [0.2, 0.25) is 5.02 Å². The summed E-state index contributed by atoms with van der Waals surface area (Å²) in [6.45, 7) is 0.564. The van der Waals surface area contributed by atoms with E-state index in [2.05, 4.69) is 10.3 Å². The van der Waals surface area contributed by atoms with Gasteiger partial charge in [-0.05, 0) is 30.3 Å². The van der Waals surface area contributed by atoms with Gasteiger partial charge in [0.15, 0.2) is 0 Å². The van der Waals surface area contributed by atoms with E-state index in [1.807, 2.05) is 48.0 Å². The van der Waals surface area contributed by atoms with Gasteiger partial charge >= 0.3 is 0 Å². The summed E-state index contributed by atoms with van der Waals surface area (Å²) in [7, 11) is 1.86. The number of ether oxygens (including phenoxy) is 1. The zero-order valence-corrected chi connectivity index (χ0v) is 13.9. The van der Waals surface area contributed by atoms with Crippen molar-refractivity contribution in [2.24, 2.45) is 7.05 Å². The Bertz CT molecular complexity index is 935. The molecule has 1 atom stereocenters. The monoisotopic (exact) mass is 341 g/mol. The summed E-state index contributed by atoms with van der Waals surface area (Å²) in [5, 5.41) is 4.71. The van der Waals surface area contributed by atoms with E-state index < -0.39 is 0 Å². The number of nitrogens with zero attached hydrogens (tertiary/aromatic N) is 2. The van der Waals surface area contributed by atoms with Gasteiger partial charge in [-0.3, -0.25) is 9.78 Å². The highest BCUT2D eigenvalue weighted by atomic mass is 35.5. The van der Waals surface area contributed by atoms with Crippen LogP contribution in [0.15, 0.2) is 42.6 Å². The molecule has 1 aliphatic rings. The minimum absolute atomic E-state index is 0.131. The van der Waals surface area contributed by atoms with E-state index in [9.17, 15) is 4.79 Å². The van der Waals surface area contributed by atoms with Gasteiger partial charge in [0.05, 0.1) is 12.6 Å².